The summed E-state index contributed by atoms with van der Waals surface area (Å²) in [5, 5.41) is 0.404. The average Bonchev–Trinajstić information content (AvgIpc) is 2.63. The first kappa shape index (κ1) is 17.7. The predicted octanol–water partition coefficient (Wildman–Crippen LogP) is 1.05. The highest BCUT2D eigenvalue weighted by molar-refractivity contribution is 8.00. The van der Waals surface area contributed by atoms with Gasteiger partial charge in [0.15, 0.2) is 0 Å². The molecule has 0 unspecified atom stereocenters. The molecule has 8 heteroatoms. The van der Waals surface area contributed by atoms with Gasteiger partial charge >= 0.3 is 5.69 Å². The van der Waals surface area contributed by atoms with Gasteiger partial charge in [0.05, 0.1) is 11.1 Å². The maximum Gasteiger partial charge on any atom is 0.332 e. The summed E-state index contributed by atoms with van der Waals surface area (Å²) < 4.78 is 2.45. The zero-order valence-corrected chi connectivity index (χ0v) is 15.6. The van der Waals surface area contributed by atoms with Gasteiger partial charge < -0.3 is 4.90 Å². The fourth-order valence-electron chi connectivity index (χ4n) is 3.15. The normalized spacial score (nSPS) is 14.9. The van der Waals surface area contributed by atoms with Gasteiger partial charge in [0, 0.05) is 38.3 Å². The minimum absolute atomic E-state index is 0.0932. The Kier molecular flexibility index (Phi) is 4.99. The van der Waals surface area contributed by atoms with Gasteiger partial charge in [0.1, 0.15) is 5.65 Å². The molecule has 7 nitrogen and oxygen atoms in total. The van der Waals surface area contributed by atoms with E-state index >= 15 is 0 Å². The van der Waals surface area contributed by atoms with E-state index in [0.717, 1.165) is 41.0 Å². The number of carbonyl (C=O) groups is 1. The van der Waals surface area contributed by atoms with Crippen LogP contribution in [0.5, 0.6) is 0 Å². The van der Waals surface area contributed by atoms with E-state index in [1.54, 1.807) is 13.2 Å². The Bertz CT molecular complexity index is 942. The number of aromatic nitrogens is 3. The fourth-order valence-corrected chi connectivity index (χ4v) is 4.21. The van der Waals surface area contributed by atoms with Crippen molar-refractivity contribution >= 4 is 28.7 Å². The first-order valence-electron chi connectivity index (χ1n) is 8.37. The van der Waals surface area contributed by atoms with Crippen molar-refractivity contribution in [2.24, 2.45) is 14.1 Å². The second-order valence-corrected chi connectivity index (χ2v) is 7.39. The Hall–Kier alpha value is -2.09. The number of hydrogen-bond acceptors (Lipinski definition) is 5. The van der Waals surface area contributed by atoms with Crippen LogP contribution in [0.4, 0.5) is 0 Å². The summed E-state index contributed by atoms with van der Waals surface area (Å²) in [6.07, 6.45) is 4.93. The molecule has 2 aromatic rings. The zero-order valence-electron chi connectivity index (χ0n) is 14.7. The van der Waals surface area contributed by atoms with Crippen molar-refractivity contribution in [3.63, 3.8) is 0 Å². The molecule has 1 aliphatic rings. The van der Waals surface area contributed by atoms with E-state index in [1.165, 1.54) is 29.8 Å². The second kappa shape index (κ2) is 7.03. The molecule has 0 atom stereocenters. The average molecular weight is 362 g/mol. The van der Waals surface area contributed by atoms with Crippen molar-refractivity contribution < 1.29 is 4.79 Å². The van der Waals surface area contributed by atoms with Crippen LogP contribution in [0.3, 0.4) is 0 Å². The maximum atomic E-state index is 12.6. The van der Waals surface area contributed by atoms with Crippen molar-refractivity contribution in [3.8, 4) is 0 Å². The number of likely N-dealkylation sites (tertiary alicyclic amines) is 1. The van der Waals surface area contributed by atoms with Crippen LogP contribution in [0.15, 0.2) is 20.7 Å². The molecular formula is C17H22N4O3S. The number of fused-ring (bicyclic) bond motifs is 1. The Morgan fingerprint density at radius 3 is 2.52 bits per heavy atom. The zero-order chi connectivity index (χ0) is 18.1. The third kappa shape index (κ3) is 3.22. The van der Waals surface area contributed by atoms with Crippen molar-refractivity contribution in [1.82, 2.24) is 19.0 Å². The number of thioether (sulfide) groups is 1. The quantitative estimate of drug-likeness (QED) is 0.763. The number of pyridine rings is 1. The standard InChI is InChI=1S/C17H22N4O3S/c1-11-9-18-15-13(16(23)20(3)17(24)19(15)2)14(11)25-10-12(22)21-7-5-4-6-8-21/h9H,4-8,10H2,1-3H3. The fraction of sp³-hybridized carbons (Fsp3) is 0.529. The lowest BCUT2D eigenvalue weighted by molar-refractivity contribution is -0.129. The second-order valence-electron chi connectivity index (χ2n) is 6.40. The summed E-state index contributed by atoms with van der Waals surface area (Å²) in [7, 11) is 3.06. The monoisotopic (exact) mass is 362 g/mol. The van der Waals surface area contributed by atoms with E-state index in [2.05, 4.69) is 4.98 Å². The molecule has 0 radical (unpaired) electrons. The molecule has 1 fully saturated rings. The molecule has 3 heterocycles. The molecule has 2 aromatic heterocycles. The van der Waals surface area contributed by atoms with Gasteiger partial charge in [-0.3, -0.25) is 18.7 Å². The van der Waals surface area contributed by atoms with Crippen molar-refractivity contribution in [2.75, 3.05) is 18.8 Å². The number of aryl methyl sites for hydroxylation is 2. The lowest BCUT2D eigenvalue weighted by Gasteiger charge is -2.26. The van der Waals surface area contributed by atoms with Crippen molar-refractivity contribution in [3.05, 3.63) is 32.6 Å². The molecule has 3 rings (SSSR count). The molecule has 0 N–H and O–H groups in total. The molecule has 1 aliphatic heterocycles. The molecule has 0 bridgehead atoms. The van der Waals surface area contributed by atoms with Crippen molar-refractivity contribution in [2.45, 2.75) is 31.1 Å². The molecule has 134 valence electrons. The highest BCUT2D eigenvalue weighted by Gasteiger charge is 2.20. The lowest BCUT2D eigenvalue weighted by Crippen LogP contribution is -2.38. The number of nitrogens with zero attached hydrogens (tertiary/aromatic N) is 4. The third-order valence-electron chi connectivity index (χ3n) is 4.65. The number of hydrogen-bond donors (Lipinski definition) is 0. The van der Waals surface area contributed by atoms with Crippen LogP contribution in [0.2, 0.25) is 0 Å². The van der Waals surface area contributed by atoms with Crippen LogP contribution in [0, 0.1) is 6.92 Å². The number of amides is 1. The summed E-state index contributed by atoms with van der Waals surface area (Å²) >= 11 is 1.36. The number of piperidine rings is 1. The molecule has 0 aromatic carbocycles. The third-order valence-corrected chi connectivity index (χ3v) is 5.85. The maximum absolute atomic E-state index is 12.6. The van der Waals surface area contributed by atoms with Gasteiger partial charge in [-0.25, -0.2) is 9.78 Å². The summed E-state index contributed by atoms with van der Waals surface area (Å²) in [5.74, 6) is 0.377. The highest BCUT2D eigenvalue weighted by Crippen LogP contribution is 2.28. The highest BCUT2D eigenvalue weighted by atomic mass is 32.2. The van der Waals surface area contributed by atoms with E-state index in [-0.39, 0.29) is 17.2 Å². The van der Waals surface area contributed by atoms with Gasteiger partial charge in [-0.05, 0) is 31.7 Å². The van der Waals surface area contributed by atoms with Gasteiger partial charge in [-0.1, -0.05) is 0 Å². The van der Waals surface area contributed by atoms with E-state index in [0.29, 0.717) is 11.0 Å². The molecule has 0 aliphatic carbocycles. The van der Waals surface area contributed by atoms with E-state index in [4.69, 9.17) is 0 Å². The van der Waals surface area contributed by atoms with Crippen LogP contribution in [-0.4, -0.2) is 43.8 Å². The molecular weight excluding hydrogens is 340 g/mol. The molecule has 1 amide bonds. The Morgan fingerprint density at radius 1 is 1.16 bits per heavy atom. The molecule has 0 spiro atoms. The molecule has 0 saturated carbocycles. The predicted molar refractivity (Wildman–Crippen MR) is 98.1 cm³/mol. The topological polar surface area (TPSA) is 77.2 Å². The Balaban J connectivity index is 1.98. The largest absolute Gasteiger partial charge is 0.342 e. The van der Waals surface area contributed by atoms with Crippen LogP contribution in [-0.2, 0) is 18.9 Å². The molecule has 1 saturated heterocycles. The van der Waals surface area contributed by atoms with Gasteiger partial charge in [0.25, 0.3) is 5.56 Å². The van der Waals surface area contributed by atoms with Crippen LogP contribution in [0.25, 0.3) is 11.0 Å². The first-order chi connectivity index (χ1) is 11.9. The summed E-state index contributed by atoms with van der Waals surface area (Å²) in [6, 6.07) is 0. The summed E-state index contributed by atoms with van der Waals surface area (Å²) in [6.45, 7) is 3.49. The van der Waals surface area contributed by atoms with Gasteiger partial charge in [-0.2, -0.15) is 0 Å². The van der Waals surface area contributed by atoms with E-state index < -0.39 is 5.69 Å². The minimum atomic E-state index is -0.408. The lowest BCUT2D eigenvalue weighted by atomic mass is 10.1. The number of carbonyl (C=O) groups excluding carboxylic acids is 1. The van der Waals surface area contributed by atoms with Crippen molar-refractivity contribution in [1.29, 1.82) is 0 Å². The SMILES string of the molecule is Cc1cnc2c(c1SCC(=O)N1CCCCC1)c(=O)n(C)c(=O)n2C. The smallest absolute Gasteiger partial charge is 0.332 e. The van der Waals surface area contributed by atoms with Gasteiger partial charge in [-0.15, -0.1) is 11.8 Å². The van der Waals surface area contributed by atoms with E-state index in [1.807, 2.05) is 11.8 Å². The van der Waals surface area contributed by atoms with Gasteiger partial charge in [0.2, 0.25) is 5.91 Å². The summed E-state index contributed by atoms with van der Waals surface area (Å²) in [5.41, 5.74) is 0.405. The molecule has 25 heavy (non-hydrogen) atoms. The Labute approximate surface area is 149 Å². The first-order valence-corrected chi connectivity index (χ1v) is 9.36. The summed E-state index contributed by atoms with van der Waals surface area (Å²) in [4.78, 5) is 44.0. The van der Waals surface area contributed by atoms with E-state index in [9.17, 15) is 14.4 Å². The van der Waals surface area contributed by atoms with Crippen LogP contribution in [0.1, 0.15) is 24.8 Å². The minimum Gasteiger partial charge on any atom is -0.342 e. The Morgan fingerprint density at radius 2 is 1.84 bits per heavy atom. The number of rotatable bonds is 3. The van der Waals surface area contributed by atoms with Crippen LogP contribution >= 0.6 is 11.8 Å². The van der Waals surface area contributed by atoms with Crippen LogP contribution < -0.4 is 11.2 Å².